The van der Waals surface area contributed by atoms with Gasteiger partial charge in [-0.1, -0.05) is 0 Å². The molecule has 140 valence electrons. The summed E-state index contributed by atoms with van der Waals surface area (Å²) in [5.41, 5.74) is 0.652. The molecule has 1 amide bonds. The molecule has 0 aliphatic heterocycles. The summed E-state index contributed by atoms with van der Waals surface area (Å²) in [6, 6.07) is 8.49. The van der Waals surface area contributed by atoms with Gasteiger partial charge in [-0.15, -0.1) is 0 Å². The lowest BCUT2D eigenvalue weighted by molar-refractivity contribution is -0.385. The lowest BCUT2D eigenvalue weighted by Crippen LogP contribution is -2.21. The van der Waals surface area contributed by atoms with Crippen LogP contribution in [0.2, 0.25) is 0 Å². The third-order valence-corrected chi connectivity index (χ3v) is 4.00. The van der Waals surface area contributed by atoms with E-state index in [0.717, 1.165) is 0 Å². The summed E-state index contributed by atoms with van der Waals surface area (Å²) >= 11 is 0. The molecular formula is C19H18FN3O4. The molecule has 8 heteroatoms. The quantitative estimate of drug-likeness (QED) is 0.546. The van der Waals surface area contributed by atoms with Crippen molar-refractivity contribution in [2.24, 2.45) is 0 Å². The van der Waals surface area contributed by atoms with Crippen LogP contribution in [-0.2, 0) is 0 Å². The van der Waals surface area contributed by atoms with Crippen LogP contribution in [0.4, 0.5) is 10.1 Å². The minimum Gasteiger partial charge on any atom is -0.484 e. The molecule has 1 heterocycles. The van der Waals surface area contributed by atoms with E-state index in [1.54, 1.807) is 24.6 Å². The predicted molar refractivity (Wildman–Crippen MR) is 99.0 cm³/mol. The lowest BCUT2D eigenvalue weighted by atomic mass is 10.1. The van der Waals surface area contributed by atoms with Gasteiger partial charge >= 0.3 is 5.69 Å². The van der Waals surface area contributed by atoms with Crippen molar-refractivity contribution in [3.63, 3.8) is 0 Å². The van der Waals surface area contributed by atoms with Crippen LogP contribution in [0.1, 0.15) is 24.3 Å². The SMILES string of the molecule is CNC(=O)c1c2cc(OC(C)C)c([N+](=O)[O-])cc2cn1-c1ccc(F)cc1. The average molecular weight is 371 g/mol. The van der Waals surface area contributed by atoms with Gasteiger partial charge in [0.05, 0.1) is 11.0 Å². The second-order valence-corrected chi connectivity index (χ2v) is 6.23. The van der Waals surface area contributed by atoms with Gasteiger partial charge in [0.15, 0.2) is 5.75 Å². The summed E-state index contributed by atoms with van der Waals surface area (Å²) in [5, 5.41) is 15.0. The van der Waals surface area contributed by atoms with Gasteiger partial charge in [-0.05, 0) is 44.2 Å². The van der Waals surface area contributed by atoms with Crippen molar-refractivity contribution >= 4 is 22.4 Å². The van der Waals surface area contributed by atoms with Gasteiger partial charge in [0.2, 0.25) is 0 Å². The van der Waals surface area contributed by atoms with Gasteiger partial charge in [0.1, 0.15) is 11.5 Å². The summed E-state index contributed by atoms with van der Waals surface area (Å²) in [5.74, 6) is -0.691. The molecule has 0 atom stereocenters. The zero-order valence-corrected chi connectivity index (χ0v) is 15.0. The van der Waals surface area contributed by atoms with Crippen LogP contribution in [0.3, 0.4) is 0 Å². The van der Waals surface area contributed by atoms with Crippen LogP contribution < -0.4 is 10.1 Å². The highest BCUT2D eigenvalue weighted by molar-refractivity contribution is 6.08. The number of fused-ring (bicyclic) bond motifs is 1. The first kappa shape index (κ1) is 18.4. The summed E-state index contributed by atoms with van der Waals surface area (Å²) in [4.78, 5) is 23.4. The Balaban J connectivity index is 2.32. The van der Waals surface area contributed by atoms with Crippen LogP contribution in [0.25, 0.3) is 16.5 Å². The first-order chi connectivity index (χ1) is 12.8. The molecule has 3 rings (SSSR count). The van der Waals surface area contributed by atoms with Crippen molar-refractivity contribution in [1.82, 2.24) is 9.88 Å². The Hall–Kier alpha value is -3.42. The van der Waals surface area contributed by atoms with Gasteiger partial charge in [-0.3, -0.25) is 14.9 Å². The third kappa shape index (κ3) is 3.46. The van der Waals surface area contributed by atoms with Gasteiger partial charge in [0, 0.05) is 35.8 Å². The molecule has 1 N–H and O–H groups in total. The number of hydrogen-bond acceptors (Lipinski definition) is 4. The fourth-order valence-electron chi connectivity index (χ4n) is 2.88. The van der Waals surface area contributed by atoms with Crippen molar-refractivity contribution in [2.45, 2.75) is 20.0 Å². The number of nitro groups is 1. The second-order valence-electron chi connectivity index (χ2n) is 6.23. The Morgan fingerprint density at radius 2 is 1.93 bits per heavy atom. The fourth-order valence-corrected chi connectivity index (χ4v) is 2.88. The Morgan fingerprint density at radius 1 is 1.26 bits per heavy atom. The van der Waals surface area contributed by atoms with E-state index in [0.29, 0.717) is 16.5 Å². The zero-order chi connectivity index (χ0) is 19.7. The molecule has 0 saturated heterocycles. The Morgan fingerprint density at radius 3 is 2.48 bits per heavy atom. The summed E-state index contributed by atoms with van der Waals surface area (Å²) in [6.45, 7) is 3.52. The molecule has 3 aromatic rings. The maximum absolute atomic E-state index is 13.3. The Kier molecular flexibility index (Phi) is 4.81. The molecular weight excluding hydrogens is 353 g/mol. The minimum absolute atomic E-state index is 0.0875. The van der Waals surface area contributed by atoms with E-state index >= 15 is 0 Å². The Bertz CT molecular complexity index is 1030. The first-order valence-electron chi connectivity index (χ1n) is 8.30. The zero-order valence-electron chi connectivity index (χ0n) is 15.0. The number of nitro benzene ring substituents is 1. The fraction of sp³-hybridized carbons (Fsp3) is 0.211. The number of nitrogens with one attached hydrogen (secondary N) is 1. The predicted octanol–water partition coefficient (Wildman–Crippen LogP) is 3.82. The number of ether oxygens (including phenoxy) is 1. The molecule has 0 saturated carbocycles. The van der Waals surface area contributed by atoms with E-state index in [-0.39, 0.29) is 29.1 Å². The number of rotatable bonds is 5. The van der Waals surface area contributed by atoms with Crippen LogP contribution in [0.15, 0.2) is 42.6 Å². The number of benzene rings is 2. The number of hydrogen-bond donors (Lipinski definition) is 1. The molecule has 0 fully saturated rings. The number of carbonyl (C=O) groups is 1. The molecule has 0 aliphatic rings. The standard InChI is InChI=1S/C19H18FN3O4/c1-11(2)27-17-9-15-12(8-16(17)23(25)26)10-22(18(15)19(24)21-3)14-6-4-13(20)5-7-14/h4-11H,1-3H3,(H,21,24). The maximum Gasteiger partial charge on any atom is 0.311 e. The largest absolute Gasteiger partial charge is 0.484 e. The van der Waals surface area contributed by atoms with Crippen LogP contribution in [-0.4, -0.2) is 28.5 Å². The molecule has 0 bridgehead atoms. The maximum atomic E-state index is 13.3. The van der Waals surface area contributed by atoms with Crippen molar-refractivity contribution in [3.8, 4) is 11.4 Å². The number of carbonyl (C=O) groups excluding carboxylic acids is 1. The highest BCUT2D eigenvalue weighted by atomic mass is 19.1. The molecule has 7 nitrogen and oxygen atoms in total. The topological polar surface area (TPSA) is 86.4 Å². The van der Waals surface area contributed by atoms with Gasteiger partial charge in [-0.2, -0.15) is 0 Å². The molecule has 1 aromatic heterocycles. The Labute approximate surface area is 154 Å². The smallest absolute Gasteiger partial charge is 0.311 e. The average Bonchev–Trinajstić information content (AvgIpc) is 2.98. The van der Waals surface area contributed by atoms with Crippen molar-refractivity contribution in [3.05, 3.63) is 64.2 Å². The van der Waals surface area contributed by atoms with Crippen molar-refractivity contribution < 1.29 is 18.8 Å². The molecule has 27 heavy (non-hydrogen) atoms. The lowest BCUT2D eigenvalue weighted by Gasteiger charge is -2.11. The van der Waals surface area contributed by atoms with E-state index < -0.39 is 10.7 Å². The van der Waals surface area contributed by atoms with E-state index in [9.17, 15) is 19.3 Å². The molecule has 0 radical (unpaired) electrons. The number of aromatic nitrogens is 1. The van der Waals surface area contributed by atoms with Crippen molar-refractivity contribution in [1.29, 1.82) is 0 Å². The second kappa shape index (κ2) is 7.06. The number of halogens is 1. The highest BCUT2D eigenvalue weighted by Gasteiger charge is 2.24. The highest BCUT2D eigenvalue weighted by Crippen LogP contribution is 2.36. The van der Waals surface area contributed by atoms with Crippen LogP contribution >= 0.6 is 0 Å². The third-order valence-electron chi connectivity index (χ3n) is 4.00. The molecule has 0 unspecified atom stereocenters. The van der Waals surface area contributed by atoms with Crippen molar-refractivity contribution in [2.75, 3.05) is 7.05 Å². The van der Waals surface area contributed by atoms with E-state index in [1.165, 1.54) is 43.4 Å². The first-order valence-corrected chi connectivity index (χ1v) is 8.30. The summed E-state index contributed by atoms with van der Waals surface area (Å²) in [7, 11) is 1.49. The van der Waals surface area contributed by atoms with Gasteiger partial charge < -0.3 is 14.6 Å². The van der Waals surface area contributed by atoms with Crippen LogP contribution in [0.5, 0.6) is 5.75 Å². The molecule has 2 aromatic carbocycles. The minimum atomic E-state index is -0.522. The number of amides is 1. The van der Waals surface area contributed by atoms with E-state index in [2.05, 4.69) is 5.32 Å². The molecule has 0 spiro atoms. The molecule has 0 aliphatic carbocycles. The van der Waals surface area contributed by atoms with Gasteiger partial charge in [-0.25, -0.2) is 4.39 Å². The normalized spacial score (nSPS) is 11.0. The monoisotopic (exact) mass is 371 g/mol. The van der Waals surface area contributed by atoms with Crippen LogP contribution in [0, 0.1) is 15.9 Å². The van der Waals surface area contributed by atoms with E-state index in [4.69, 9.17) is 4.74 Å². The number of nitrogens with zero attached hydrogens (tertiary/aromatic N) is 2. The van der Waals surface area contributed by atoms with Gasteiger partial charge in [0.25, 0.3) is 5.91 Å². The summed E-state index contributed by atoms with van der Waals surface area (Å²) < 4.78 is 20.4. The summed E-state index contributed by atoms with van der Waals surface area (Å²) in [6.07, 6.45) is 1.34. The van der Waals surface area contributed by atoms with E-state index in [1.807, 2.05) is 0 Å².